The zero-order valence-corrected chi connectivity index (χ0v) is 18.2. The van der Waals surface area contributed by atoms with E-state index in [1.165, 1.54) is 6.07 Å². The number of urea groups is 1. The van der Waals surface area contributed by atoms with Crippen LogP contribution in [0, 0.1) is 0 Å². The molecule has 0 radical (unpaired) electrons. The predicted octanol–water partition coefficient (Wildman–Crippen LogP) is 2.10. The number of imide groups is 1. The number of esters is 1. The third kappa shape index (κ3) is 3.86. The van der Waals surface area contributed by atoms with Crippen LogP contribution in [0.5, 0.6) is 11.5 Å². The van der Waals surface area contributed by atoms with Crippen LogP contribution in [0.15, 0.2) is 29.6 Å². The van der Waals surface area contributed by atoms with Crippen LogP contribution in [0.3, 0.4) is 0 Å². The van der Waals surface area contributed by atoms with E-state index in [1.807, 2.05) is 0 Å². The van der Waals surface area contributed by atoms with Gasteiger partial charge in [-0.25, -0.2) is 9.59 Å². The van der Waals surface area contributed by atoms with Gasteiger partial charge in [0.1, 0.15) is 30.3 Å². The quantitative estimate of drug-likeness (QED) is 0.501. The highest BCUT2D eigenvalue weighted by atomic mass is 32.1. The number of carbonyl (C=O) groups is 4. The largest absolute Gasteiger partial charge is 0.486 e. The summed E-state index contributed by atoms with van der Waals surface area (Å²) in [7, 11) is 0. The number of anilines is 1. The van der Waals surface area contributed by atoms with Gasteiger partial charge in [-0.05, 0) is 43.0 Å². The first kappa shape index (κ1) is 21.6. The van der Waals surface area contributed by atoms with E-state index in [0.29, 0.717) is 30.3 Å². The van der Waals surface area contributed by atoms with Gasteiger partial charge in [0.2, 0.25) is 5.91 Å². The SMILES string of the molecule is CCOC(=O)c1ccsc1NC(=O)CN1C(=O)N[C@](C)(c2ccc3c(c2)OCCO3)C1=O. The Morgan fingerprint density at radius 2 is 1.97 bits per heavy atom. The number of benzene rings is 1. The minimum absolute atomic E-state index is 0.197. The maximum absolute atomic E-state index is 13.1. The molecule has 1 aromatic carbocycles. The minimum atomic E-state index is -1.37. The summed E-state index contributed by atoms with van der Waals surface area (Å²) < 4.78 is 16.0. The number of amides is 4. The van der Waals surface area contributed by atoms with Crippen LogP contribution in [0.1, 0.15) is 29.8 Å². The summed E-state index contributed by atoms with van der Waals surface area (Å²) in [4.78, 5) is 51.1. The third-order valence-corrected chi connectivity index (χ3v) is 5.94. The van der Waals surface area contributed by atoms with E-state index >= 15 is 0 Å². The highest BCUT2D eigenvalue weighted by molar-refractivity contribution is 7.14. The van der Waals surface area contributed by atoms with E-state index in [-0.39, 0.29) is 17.2 Å². The summed E-state index contributed by atoms with van der Waals surface area (Å²) in [6, 6.07) is 5.84. The van der Waals surface area contributed by atoms with Crippen molar-refractivity contribution in [2.24, 2.45) is 0 Å². The summed E-state index contributed by atoms with van der Waals surface area (Å²) in [5.74, 6) is -0.716. The van der Waals surface area contributed by atoms with Crippen LogP contribution in [0.4, 0.5) is 9.80 Å². The van der Waals surface area contributed by atoms with Crippen molar-refractivity contribution in [3.8, 4) is 11.5 Å². The van der Waals surface area contributed by atoms with Crippen LogP contribution in [0.2, 0.25) is 0 Å². The lowest BCUT2D eigenvalue weighted by molar-refractivity contribution is -0.133. The lowest BCUT2D eigenvalue weighted by atomic mass is 9.91. The summed E-state index contributed by atoms with van der Waals surface area (Å²) in [5.41, 5.74) is -0.652. The lowest BCUT2D eigenvalue weighted by Crippen LogP contribution is -2.42. The zero-order valence-electron chi connectivity index (χ0n) is 17.4. The van der Waals surface area contributed by atoms with E-state index in [9.17, 15) is 19.2 Å². The molecule has 1 saturated heterocycles. The lowest BCUT2D eigenvalue weighted by Gasteiger charge is -2.25. The van der Waals surface area contributed by atoms with E-state index in [1.54, 1.807) is 37.4 Å². The van der Waals surface area contributed by atoms with Crippen LogP contribution < -0.4 is 20.1 Å². The molecule has 2 N–H and O–H groups in total. The average Bonchev–Trinajstić information content (AvgIpc) is 3.32. The highest BCUT2D eigenvalue weighted by Gasteiger charge is 2.49. The molecule has 10 nitrogen and oxygen atoms in total. The molecule has 11 heteroatoms. The van der Waals surface area contributed by atoms with Gasteiger partial charge >= 0.3 is 12.0 Å². The van der Waals surface area contributed by atoms with Crippen LogP contribution >= 0.6 is 11.3 Å². The summed E-state index contributed by atoms with van der Waals surface area (Å²) in [6.45, 7) is 3.75. The van der Waals surface area contributed by atoms with Gasteiger partial charge in [0.15, 0.2) is 11.5 Å². The number of carbonyl (C=O) groups excluding carboxylic acids is 4. The fraction of sp³-hybridized carbons (Fsp3) is 0.333. The normalized spacial score (nSPS) is 19.5. The fourth-order valence-corrected chi connectivity index (χ4v) is 4.27. The van der Waals surface area contributed by atoms with Crippen molar-refractivity contribution in [2.45, 2.75) is 19.4 Å². The first-order chi connectivity index (χ1) is 15.3. The highest BCUT2D eigenvalue weighted by Crippen LogP contribution is 2.37. The van der Waals surface area contributed by atoms with Crippen molar-refractivity contribution >= 4 is 40.2 Å². The van der Waals surface area contributed by atoms with Gasteiger partial charge in [-0.15, -0.1) is 11.3 Å². The molecule has 2 aromatic rings. The molecular weight excluding hydrogens is 438 g/mol. The van der Waals surface area contributed by atoms with Crippen molar-refractivity contribution in [1.82, 2.24) is 10.2 Å². The van der Waals surface area contributed by atoms with Crippen molar-refractivity contribution in [3.05, 3.63) is 40.8 Å². The van der Waals surface area contributed by atoms with E-state index in [4.69, 9.17) is 14.2 Å². The molecule has 1 aromatic heterocycles. The molecule has 0 spiro atoms. The molecule has 4 rings (SSSR count). The second-order valence-corrected chi connectivity index (χ2v) is 8.15. The Labute approximate surface area is 187 Å². The minimum Gasteiger partial charge on any atom is -0.486 e. The molecule has 4 amide bonds. The topological polar surface area (TPSA) is 123 Å². The van der Waals surface area contributed by atoms with Gasteiger partial charge in [0.05, 0.1) is 12.2 Å². The van der Waals surface area contributed by atoms with Crippen LogP contribution in [0.25, 0.3) is 0 Å². The molecule has 168 valence electrons. The van der Waals surface area contributed by atoms with Crippen molar-refractivity contribution in [1.29, 1.82) is 0 Å². The van der Waals surface area contributed by atoms with Crippen LogP contribution in [-0.2, 0) is 19.9 Å². The number of hydrogen-bond acceptors (Lipinski definition) is 8. The van der Waals surface area contributed by atoms with Crippen molar-refractivity contribution in [3.63, 3.8) is 0 Å². The van der Waals surface area contributed by atoms with Gasteiger partial charge in [-0.2, -0.15) is 0 Å². The maximum atomic E-state index is 13.1. The van der Waals surface area contributed by atoms with Gasteiger partial charge in [-0.1, -0.05) is 6.07 Å². The predicted molar refractivity (Wildman–Crippen MR) is 114 cm³/mol. The molecular formula is C21H21N3O7S. The molecule has 0 aliphatic carbocycles. The first-order valence-corrected chi connectivity index (χ1v) is 10.8. The van der Waals surface area contributed by atoms with Crippen molar-refractivity contribution < 1.29 is 33.4 Å². The maximum Gasteiger partial charge on any atom is 0.341 e. The molecule has 1 fully saturated rings. The Kier molecular flexibility index (Phi) is 5.74. The number of nitrogens with zero attached hydrogens (tertiary/aromatic N) is 1. The molecule has 2 aliphatic heterocycles. The summed E-state index contributed by atoms with van der Waals surface area (Å²) >= 11 is 1.14. The van der Waals surface area contributed by atoms with E-state index in [2.05, 4.69) is 10.6 Å². The average molecular weight is 459 g/mol. The Morgan fingerprint density at radius 3 is 2.72 bits per heavy atom. The molecule has 0 bridgehead atoms. The number of ether oxygens (including phenoxy) is 3. The summed E-state index contributed by atoms with van der Waals surface area (Å²) in [5, 5.41) is 7.15. The number of nitrogens with one attached hydrogen (secondary N) is 2. The van der Waals surface area contributed by atoms with Gasteiger partial charge in [0, 0.05) is 0 Å². The second kappa shape index (κ2) is 8.50. The zero-order chi connectivity index (χ0) is 22.9. The van der Waals surface area contributed by atoms with E-state index < -0.39 is 35.9 Å². The molecule has 0 saturated carbocycles. The second-order valence-electron chi connectivity index (χ2n) is 7.24. The van der Waals surface area contributed by atoms with Gasteiger partial charge in [-0.3, -0.25) is 14.5 Å². The fourth-order valence-electron chi connectivity index (χ4n) is 3.48. The molecule has 3 heterocycles. The summed E-state index contributed by atoms with van der Waals surface area (Å²) in [6.07, 6.45) is 0. The Balaban J connectivity index is 1.48. The van der Waals surface area contributed by atoms with Gasteiger partial charge in [0.25, 0.3) is 5.91 Å². The van der Waals surface area contributed by atoms with Crippen molar-refractivity contribution in [2.75, 3.05) is 31.7 Å². The number of hydrogen-bond donors (Lipinski definition) is 2. The number of rotatable bonds is 6. The molecule has 32 heavy (non-hydrogen) atoms. The number of fused-ring (bicyclic) bond motifs is 1. The standard InChI is InChI=1S/C21H21N3O7S/c1-3-29-18(26)13-6-9-32-17(13)22-16(25)11-24-19(27)21(2,23-20(24)28)12-4-5-14-15(10-12)31-8-7-30-14/h4-6,9-10H,3,7-8,11H2,1-2H3,(H,22,25)(H,23,28)/t21-/m1/s1. The molecule has 0 unspecified atom stereocenters. The van der Waals surface area contributed by atoms with Gasteiger partial charge < -0.3 is 24.8 Å². The number of thiophene rings is 1. The first-order valence-electron chi connectivity index (χ1n) is 9.92. The Bertz CT molecular complexity index is 1100. The Morgan fingerprint density at radius 1 is 1.22 bits per heavy atom. The Hall–Kier alpha value is -3.60. The monoisotopic (exact) mass is 459 g/mol. The third-order valence-electron chi connectivity index (χ3n) is 5.11. The molecule has 1 atom stereocenters. The smallest absolute Gasteiger partial charge is 0.341 e. The molecule has 2 aliphatic rings. The van der Waals surface area contributed by atoms with Crippen LogP contribution in [-0.4, -0.2) is 55.1 Å². The van der Waals surface area contributed by atoms with E-state index in [0.717, 1.165) is 16.2 Å².